The normalized spacial score (nSPS) is 12.4. The number of anilines is 2. The minimum Gasteiger partial charge on any atom is -0.454 e. The maximum Gasteiger partial charge on any atom is 0.330 e. The second kappa shape index (κ2) is 10.4. The number of nitrogen functional groups attached to an aromatic ring is 1. The Morgan fingerprint density at radius 3 is 2.72 bits per heavy atom. The number of benzene rings is 1. The molecular weight excluding hydrogens is 412 g/mol. The van der Waals surface area contributed by atoms with Crippen molar-refractivity contribution in [2.24, 2.45) is 5.92 Å². The number of nitrogens with one attached hydrogen (secondary N) is 1. The molecule has 0 radical (unpaired) electrons. The second-order valence-corrected chi connectivity index (χ2v) is 8.41. The maximum atomic E-state index is 13.3. The molecule has 0 unspecified atom stereocenters. The molecule has 2 heterocycles. The lowest BCUT2D eigenvalue weighted by molar-refractivity contribution is -0.118. The number of H-pyrrole nitrogens is 1. The number of amides is 1. The van der Waals surface area contributed by atoms with Gasteiger partial charge in [-0.3, -0.25) is 19.1 Å². The summed E-state index contributed by atoms with van der Waals surface area (Å²) in [6.07, 6.45) is 2.96. The molecule has 1 amide bonds. The van der Waals surface area contributed by atoms with Gasteiger partial charge in [0, 0.05) is 19.5 Å². The highest BCUT2D eigenvalue weighted by molar-refractivity contribution is 5.95. The molecule has 9 heteroatoms. The van der Waals surface area contributed by atoms with Gasteiger partial charge in [0.1, 0.15) is 5.82 Å². The van der Waals surface area contributed by atoms with Crippen LogP contribution in [0.2, 0.25) is 0 Å². The number of aryl methyl sites for hydroxylation is 1. The van der Waals surface area contributed by atoms with Crippen LogP contribution in [0.1, 0.15) is 52.0 Å². The average molecular weight is 445 g/mol. The first-order chi connectivity index (χ1) is 15.3. The van der Waals surface area contributed by atoms with Gasteiger partial charge in [0.15, 0.2) is 17.2 Å². The first-order valence-corrected chi connectivity index (χ1v) is 11.1. The van der Waals surface area contributed by atoms with E-state index in [1.54, 1.807) is 0 Å². The molecule has 3 N–H and O–H groups in total. The Morgan fingerprint density at radius 1 is 1.25 bits per heavy atom. The lowest BCUT2D eigenvalue weighted by Gasteiger charge is -2.25. The summed E-state index contributed by atoms with van der Waals surface area (Å²) in [5.74, 6) is 1.49. The minimum atomic E-state index is -0.638. The van der Waals surface area contributed by atoms with Crippen molar-refractivity contribution in [3.8, 4) is 11.5 Å². The average Bonchev–Trinajstić information content (AvgIpc) is 3.21. The van der Waals surface area contributed by atoms with Gasteiger partial charge in [-0.1, -0.05) is 33.3 Å². The molecule has 0 bridgehead atoms. The Bertz CT molecular complexity index is 1070. The van der Waals surface area contributed by atoms with Crippen molar-refractivity contribution < 1.29 is 14.3 Å². The van der Waals surface area contributed by atoms with Crippen LogP contribution in [0.5, 0.6) is 11.5 Å². The van der Waals surface area contributed by atoms with Gasteiger partial charge in [-0.15, -0.1) is 0 Å². The topological polar surface area (TPSA) is 120 Å². The summed E-state index contributed by atoms with van der Waals surface area (Å²) in [6.45, 7) is 7.01. The summed E-state index contributed by atoms with van der Waals surface area (Å²) in [6, 6.07) is 5.58. The molecular formula is C23H32N4O5. The van der Waals surface area contributed by atoms with Crippen LogP contribution in [0.4, 0.5) is 11.5 Å². The first kappa shape index (κ1) is 23.4. The van der Waals surface area contributed by atoms with Crippen molar-refractivity contribution in [1.29, 1.82) is 0 Å². The Labute approximate surface area is 187 Å². The highest BCUT2D eigenvalue weighted by Crippen LogP contribution is 2.33. The molecule has 1 aromatic heterocycles. The van der Waals surface area contributed by atoms with Crippen LogP contribution in [0.25, 0.3) is 0 Å². The molecule has 0 saturated carbocycles. The first-order valence-electron chi connectivity index (χ1n) is 11.1. The largest absolute Gasteiger partial charge is 0.454 e. The smallest absolute Gasteiger partial charge is 0.330 e. The van der Waals surface area contributed by atoms with Crippen molar-refractivity contribution in [2.75, 3.05) is 24.0 Å². The zero-order valence-electron chi connectivity index (χ0n) is 19.0. The van der Waals surface area contributed by atoms with Gasteiger partial charge in [0.25, 0.3) is 5.56 Å². The molecule has 1 aliphatic heterocycles. The fourth-order valence-corrected chi connectivity index (χ4v) is 3.61. The highest BCUT2D eigenvalue weighted by Gasteiger charge is 2.24. The van der Waals surface area contributed by atoms with Crippen molar-refractivity contribution >= 4 is 17.4 Å². The van der Waals surface area contributed by atoms with Crippen LogP contribution in [0.3, 0.4) is 0 Å². The van der Waals surface area contributed by atoms with Crippen LogP contribution >= 0.6 is 0 Å². The van der Waals surface area contributed by atoms with Gasteiger partial charge in [-0.25, -0.2) is 4.79 Å². The molecule has 0 spiro atoms. The van der Waals surface area contributed by atoms with Gasteiger partial charge in [-0.05, 0) is 42.9 Å². The van der Waals surface area contributed by atoms with Gasteiger partial charge in [-0.2, -0.15) is 0 Å². The molecule has 0 saturated heterocycles. The maximum absolute atomic E-state index is 13.3. The van der Waals surface area contributed by atoms with Crippen molar-refractivity contribution in [2.45, 2.75) is 59.4 Å². The van der Waals surface area contributed by atoms with Gasteiger partial charge >= 0.3 is 5.69 Å². The van der Waals surface area contributed by atoms with E-state index in [1.165, 1.54) is 9.47 Å². The Balaban J connectivity index is 1.86. The number of carbonyl (C=O) groups excluding carboxylic acids is 1. The number of rotatable bonds is 10. The number of nitrogens with zero attached hydrogens (tertiary/aromatic N) is 2. The Morgan fingerprint density at radius 2 is 2.00 bits per heavy atom. The summed E-state index contributed by atoms with van der Waals surface area (Å²) in [7, 11) is 0. The second-order valence-electron chi connectivity index (χ2n) is 8.41. The Hall–Kier alpha value is -3.23. The molecule has 0 aliphatic carbocycles. The van der Waals surface area contributed by atoms with Crippen LogP contribution in [-0.4, -0.2) is 28.8 Å². The van der Waals surface area contributed by atoms with E-state index < -0.39 is 11.2 Å². The van der Waals surface area contributed by atoms with E-state index in [0.29, 0.717) is 43.3 Å². The number of hydrogen-bond donors (Lipinski definition) is 2. The molecule has 0 atom stereocenters. The SMILES string of the molecule is CCCCn1c(N)c(N(CCC(C)C)C(=O)CCc2ccc3c(c2)OCO3)c(=O)[nH]c1=O. The molecule has 2 aromatic rings. The molecule has 174 valence electrons. The summed E-state index contributed by atoms with van der Waals surface area (Å²) < 4.78 is 12.1. The van der Waals surface area contributed by atoms with Gasteiger partial charge in [0.2, 0.25) is 12.7 Å². The van der Waals surface area contributed by atoms with E-state index in [4.69, 9.17) is 15.2 Å². The monoisotopic (exact) mass is 444 g/mol. The number of nitrogens with two attached hydrogens (primary N) is 1. The molecule has 1 aromatic carbocycles. The van der Waals surface area contributed by atoms with Crippen LogP contribution in [0, 0.1) is 5.92 Å². The number of unbranched alkanes of at least 4 members (excludes halogenated alkanes) is 1. The fourth-order valence-electron chi connectivity index (χ4n) is 3.61. The quantitative estimate of drug-likeness (QED) is 0.581. The van der Waals surface area contributed by atoms with E-state index in [9.17, 15) is 14.4 Å². The summed E-state index contributed by atoms with van der Waals surface area (Å²) >= 11 is 0. The summed E-state index contributed by atoms with van der Waals surface area (Å²) in [5.41, 5.74) is 6.05. The number of hydrogen-bond acceptors (Lipinski definition) is 6. The van der Waals surface area contributed by atoms with Crippen molar-refractivity contribution in [1.82, 2.24) is 9.55 Å². The van der Waals surface area contributed by atoms with E-state index in [2.05, 4.69) is 4.98 Å². The zero-order valence-corrected chi connectivity index (χ0v) is 19.0. The minimum absolute atomic E-state index is 0.0346. The lowest BCUT2D eigenvalue weighted by atomic mass is 10.1. The van der Waals surface area contributed by atoms with Crippen molar-refractivity contribution in [3.63, 3.8) is 0 Å². The standard InChI is InChI=1S/C23H32N4O5/c1-4-5-11-27-21(24)20(22(29)25-23(27)30)26(12-10-15(2)3)19(28)9-7-16-6-8-17-18(13-16)32-14-31-17/h6,8,13,15H,4-5,7,9-12,14,24H2,1-3H3,(H,25,29,30). The van der Waals surface area contributed by atoms with E-state index in [-0.39, 0.29) is 30.6 Å². The number of aromatic nitrogens is 2. The number of carbonyl (C=O) groups is 1. The van der Waals surface area contributed by atoms with Crippen LogP contribution in [-0.2, 0) is 17.8 Å². The molecule has 1 aliphatic rings. The predicted octanol–water partition coefficient (Wildman–Crippen LogP) is 2.66. The third-order valence-corrected chi connectivity index (χ3v) is 5.51. The summed E-state index contributed by atoms with van der Waals surface area (Å²) in [5, 5.41) is 0. The van der Waals surface area contributed by atoms with Crippen molar-refractivity contribution in [3.05, 3.63) is 44.6 Å². The number of aromatic amines is 1. The molecule has 3 rings (SSSR count). The number of fused-ring (bicyclic) bond motifs is 1. The van der Waals surface area contributed by atoms with Gasteiger partial charge < -0.3 is 20.1 Å². The summed E-state index contributed by atoms with van der Waals surface area (Å²) in [4.78, 5) is 42.0. The van der Waals surface area contributed by atoms with Crippen LogP contribution < -0.4 is 31.4 Å². The van der Waals surface area contributed by atoms with Gasteiger partial charge in [0.05, 0.1) is 0 Å². The van der Waals surface area contributed by atoms with E-state index in [0.717, 1.165) is 18.4 Å². The van der Waals surface area contributed by atoms with Crippen LogP contribution in [0.15, 0.2) is 27.8 Å². The molecule has 0 fully saturated rings. The van der Waals surface area contributed by atoms with E-state index >= 15 is 0 Å². The molecule has 9 nitrogen and oxygen atoms in total. The number of ether oxygens (including phenoxy) is 2. The zero-order chi connectivity index (χ0) is 23.3. The Kier molecular flexibility index (Phi) is 7.61. The molecule has 32 heavy (non-hydrogen) atoms. The highest BCUT2D eigenvalue weighted by atomic mass is 16.7. The third-order valence-electron chi connectivity index (χ3n) is 5.51. The predicted molar refractivity (Wildman–Crippen MR) is 123 cm³/mol. The fraction of sp³-hybridized carbons (Fsp3) is 0.522. The third kappa shape index (κ3) is 5.33. The lowest BCUT2D eigenvalue weighted by Crippen LogP contribution is -2.42. The van der Waals surface area contributed by atoms with E-state index in [1.807, 2.05) is 39.0 Å².